The molecule has 2 aromatic rings. The van der Waals surface area contributed by atoms with Gasteiger partial charge in [0.25, 0.3) is 5.91 Å². The highest BCUT2D eigenvalue weighted by molar-refractivity contribution is 7.09. The Balaban J connectivity index is 2.26. The van der Waals surface area contributed by atoms with Crippen LogP contribution in [0.3, 0.4) is 0 Å². The number of amides is 3. The number of alkyl carbamates (subject to hydrolysis) is 1. The van der Waals surface area contributed by atoms with Gasteiger partial charge in [0.05, 0.1) is 13.0 Å². The van der Waals surface area contributed by atoms with E-state index in [1.165, 1.54) is 25.4 Å². The summed E-state index contributed by atoms with van der Waals surface area (Å²) in [5, 5.41) is 10.8. The maximum atomic E-state index is 13.6. The zero-order valence-corrected chi connectivity index (χ0v) is 31.3. The quantitative estimate of drug-likeness (QED) is 0.138. The smallest absolute Gasteiger partial charge is 0.408 e. The number of nitrogens with one attached hydrogen (secondary N) is 3. The maximum Gasteiger partial charge on any atom is 0.408 e. The molecule has 0 aliphatic rings. The van der Waals surface area contributed by atoms with E-state index in [1.54, 1.807) is 33.1 Å². The van der Waals surface area contributed by atoms with Crippen molar-refractivity contribution in [1.29, 1.82) is 0 Å². The van der Waals surface area contributed by atoms with E-state index in [4.69, 9.17) is 14.2 Å². The molecule has 0 aliphatic carbocycles. The first kappa shape index (κ1) is 41.2. The fourth-order valence-electron chi connectivity index (χ4n) is 5.15. The van der Waals surface area contributed by atoms with E-state index in [0.717, 1.165) is 5.56 Å². The summed E-state index contributed by atoms with van der Waals surface area (Å²) >= 11 is 1.17. The molecule has 272 valence electrons. The fourth-order valence-corrected chi connectivity index (χ4v) is 5.99. The average Bonchev–Trinajstić information content (AvgIpc) is 3.52. The molecule has 0 bridgehead atoms. The van der Waals surface area contributed by atoms with Crippen LogP contribution in [-0.4, -0.2) is 65.7 Å². The number of thiazole rings is 1. The normalized spacial score (nSPS) is 15.2. The van der Waals surface area contributed by atoms with Crippen molar-refractivity contribution in [2.75, 3.05) is 7.11 Å². The summed E-state index contributed by atoms with van der Waals surface area (Å²) in [6.45, 7) is 15.9. The highest BCUT2D eigenvalue weighted by Crippen LogP contribution is 2.29. The van der Waals surface area contributed by atoms with E-state index < -0.39 is 47.7 Å². The van der Waals surface area contributed by atoms with Crippen LogP contribution in [0.15, 0.2) is 35.7 Å². The summed E-state index contributed by atoms with van der Waals surface area (Å²) in [5.41, 5.74) is 0.410. The second-order valence-electron chi connectivity index (χ2n) is 13.8. The van der Waals surface area contributed by atoms with Crippen LogP contribution in [0, 0.1) is 17.8 Å². The van der Waals surface area contributed by atoms with Crippen molar-refractivity contribution in [3.8, 4) is 0 Å². The number of nitrogens with zero attached hydrogens (tertiary/aromatic N) is 1. The number of rotatable bonds is 17. The number of carbonyl (C=O) groups excluding carboxylic acids is 5. The van der Waals surface area contributed by atoms with Gasteiger partial charge >= 0.3 is 18.0 Å². The number of esters is 2. The van der Waals surface area contributed by atoms with Gasteiger partial charge in [-0.05, 0) is 51.0 Å². The van der Waals surface area contributed by atoms with Crippen LogP contribution in [0.2, 0.25) is 0 Å². The minimum absolute atomic E-state index is 0.0839. The van der Waals surface area contributed by atoms with Crippen molar-refractivity contribution in [2.24, 2.45) is 17.8 Å². The van der Waals surface area contributed by atoms with Crippen LogP contribution in [0.1, 0.15) is 109 Å². The second kappa shape index (κ2) is 19.3. The molecule has 6 atom stereocenters. The van der Waals surface area contributed by atoms with E-state index in [0.29, 0.717) is 24.3 Å². The third-order valence-electron chi connectivity index (χ3n) is 8.01. The molecule has 0 saturated heterocycles. The molecule has 1 heterocycles. The number of methoxy groups -OCH3 is 1. The molecular formula is C36H54N4O8S. The fraction of sp³-hybridized carbons (Fsp3) is 0.611. The van der Waals surface area contributed by atoms with E-state index in [9.17, 15) is 24.0 Å². The van der Waals surface area contributed by atoms with Crippen molar-refractivity contribution in [2.45, 2.75) is 118 Å². The molecule has 3 amide bonds. The van der Waals surface area contributed by atoms with Crippen molar-refractivity contribution in [3.63, 3.8) is 0 Å². The molecule has 1 aromatic carbocycles. The summed E-state index contributed by atoms with van der Waals surface area (Å²) in [4.78, 5) is 68.5. The molecule has 13 heteroatoms. The van der Waals surface area contributed by atoms with Crippen LogP contribution < -0.4 is 16.0 Å². The lowest BCUT2D eigenvalue weighted by molar-refractivity contribution is -0.147. The van der Waals surface area contributed by atoms with E-state index in [2.05, 4.69) is 20.9 Å². The van der Waals surface area contributed by atoms with E-state index >= 15 is 0 Å². The van der Waals surface area contributed by atoms with E-state index in [-0.39, 0.29) is 41.9 Å². The van der Waals surface area contributed by atoms with Gasteiger partial charge in [-0.15, -0.1) is 11.3 Å². The summed E-state index contributed by atoms with van der Waals surface area (Å²) in [6, 6.07) is 7.93. The number of hydrogen-bond donors (Lipinski definition) is 3. The Morgan fingerprint density at radius 2 is 1.59 bits per heavy atom. The zero-order chi connectivity index (χ0) is 36.9. The lowest BCUT2D eigenvalue weighted by Crippen LogP contribution is -2.54. The van der Waals surface area contributed by atoms with Gasteiger partial charge in [-0.25, -0.2) is 9.78 Å². The maximum absolute atomic E-state index is 13.6. The number of hydrogen-bond acceptors (Lipinski definition) is 10. The van der Waals surface area contributed by atoms with Gasteiger partial charge in [-0.1, -0.05) is 71.4 Å². The van der Waals surface area contributed by atoms with Crippen molar-refractivity contribution < 1.29 is 38.2 Å². The second-order valence-corrected chi connectivity index (χ2v) is 14.7. The van der Waals surface area contributed by atoms with Crippen LogP contribution in [0.5, 0.6) is 0 Å². The monoisotopic (exact) mass is 702 g/mol. The van der Waals surface area contributed by atoms with Gasteiger partial charge in [0.2, 0.25) is 5.91 Å². The van der Waals surface area contributed by atoms with Gasteiger partial charge < -0.3 is 30.2 Å². The third-order valence-corrected chi connectivity index (χ3v) is 8.94. The molecule has 1 aromatic heterocycles. The Bertz CT molecular complexity index is 1390. The minimum Gasteiger partial charge on any atom is -0.469 e. The molecule has 0 radical (unpaired) electrons. The summed E-state index contributed by atoms with van der Waals surface area (Å²) in [5.74, 6) is -2.43. The molecule has 0 saturated carbocycles. The molecule has 12 nitrogen and oxygen atoms in total. The molecule has 0 unspecified atom stereocenters. The molecular weight excluding hydrogens is 648 g/mol. The number of benzene rings is 1. The molecule has 0 aliphatic heterocycles. The molecule has 49 heavy (non-hydrogen) atoms. The predicted octanol–water partition coefficient (Wildman–Crippen LogP) is 5.76. The van der Waals surface area contributed by atoms with Gasteiger partial charge in [-0.2, -0.15) is 0 Å². The Kier molecular flexibility index (Phi) is 16.2. The highest BCUT2D eigenvalue weighted by atomic mass is 32.1. The topological polar surface area (TPSA) is 162 Å². The van der Waals surface area contributed by atoms with Gasteiger partial charge in [0, 0.05) is 30.8 Å². The van der Waals surface area contributed by atoms with Gasteiger partial charge in [0.1, 0.15) is 22.3 Å². The summed E-state index contributed by atoms with van der Waals surface area (Å²) < 4.78 is 16.0. The standard InChI is InChI=1S/C36H54N4O8S/c1-11-22(4)30(40-35(45)48-36(7,8)9)32(43)38-27(21(2)3)19-29(47-24(6)41)33-39-28(20-49-33)31(42)37-26(17-23(5)34(44)46-10)18-25-15-13-12-14-16-25/h12-16,20-23,26-27,29-30H,11,17-19H2,1-10H3,(H,37,42)(H,38,43)(H,40,45)/t22-,23-,26+,27+,29+,30+/m0/s1. The van der Waals surface area contributed by atoms with Crippen LogP contribution in [0.25, 0.3) is 0 Å². The lowest BCUT2D eigenvalue weighted by atomic mass is 9.94. The lowest BCUT2D eigenvalue weighted by Gasteiger charge is -2.30. The minimum atomic E-state index is -0.853. The first-order chi connectivity index (χ1) is 22.9. The van der Waals surface area contributed by atoms with Crippen LogP contribution >= 0.6 is 11.3 Å². The average molecular weight is 703 g/mol. The third kappa shape index (κ3) is 14.2. The Morgan fingerprint density at radius 1 is 0.939 bits per heavy atom. The largest absolute Gasteiger partial charge is 0.469 e. The van der Waals surface area contributed by atoms with Gasteiger partial charge in [-0.3, -0.25) is 19.2 Å². The number of ether oxygens (including phenoxy) is 3. The van der Waals surface area contributed by atoms with Crippen molar-refractivity contribution >= 4 is 41.2 Å². The molecule has 3 N–H and O–H groups in total. The SMILES string of the molecule is CC[C@H](C)[C@@H](NC(=O)OC(C)(C)C)C(=O)N[C@H](C[C@@H](OC(C)=O)c1nc(C(=O)N[C@@H](Cc2ccccc2)C[C@H](C)C(=O)OC)cs1)C(C)C. The first-order valence-electron chi connectivity index (χ1n) is 16.8. The number of carbonyl (C=O) groups is 5. The zero-order valence-electron chi connectivity index (χ0n) is 30.5. The highest BCUT2D eigenvalue weighted by Gasteiger charge is 2.33. The predicted molar refractivity (Wildman–Crippen MR) is 188 cm³/mol. The van der Waals surface area contributed by atoms with Crippen LogP contribution in [0.4, 0.5) is 4.79 Å². The Morgan fingerprint density at radius 3 is 2.14 bits per heavy atom. The molecule has 0 spiro atoms. The van der Waals surface area contributed by atoms with E-state index in [1.807, 2.05) is 58.0 Å². The van der Waals surface area contributed by atoms with Crippen molar-refractivity contribution in [1.82, 2.24) is 20.9 Å². The summed E-state index contributed by atoms with van der Waals surface area (Å²) in [6.07, 6.45) is 0.134. The summed E-state index contributed by atoms with van der Waals surface area (Å²) in [7, 11) is 1.33. The van der Waals surface area contributed by atoms with Crippen molar-refractivity contribution in [3.05, 3.63) is 52.0 Å². The van der Waals surface area contributed by atoms with Crippen LogP contribution in [-0.2, 0) is 35.0 Å². The first-order valence-corrected chi connectivity index (χ1v) is 17.7. The van der Waals surface area contributed by atoms with Gasteiger partial charge in [0.15, 0.2) is 6.10 Å². The number of aromatic nitrogens is 1. The Labute approximate surface area is 294 Å². The Hall–Kier alpha value is -4.00. The molecule has 0 fully saturated rings. The molecule has 2 rings (SSSR count).